The molecule has 1 atom stereocenters. The van der Waals surface area contributed by atoms with Crippen LogP contribution in [0.5, 0.6) is 5.75 Å². The van der Waals surface area contributed by atoms with Gasteiger partial charge in [0.1, 0.15) is 5.75 Å². The normalized spacial score (nSPS) is 11.4. The molecule has 1 amide bonds. The monoisotopic (exact) mass is 292 g/mol. The van der Waals surface area contributed by atoms with Crippen molar-refractivity contribution < 1.29 is 9.53 Å². The second-order valence-electron chi connectivity index (χ2n) is 3.94. The lowest BCUT2D eigenvalue weighted by atomic mass is 10.2. The van der Waals surface area contributed by atoms with Crippen LogP contribution in [0.15, 0.2) is 18.2 Å². The molecule has 0 aliphatic heterocycles. The van der Waals surface area contributed by atoms with Crippen LogP contribution >= 0.6 is 24.0 Å². The Hall–Kier alpha value is -0.970. The SMILES string of the molecule is COc1ccc(Cl)cc1CN(C)C(=O)C(C)N.Cl. The van der Waals surface area contributed by atoms with Gasteiger partial charge in [-0.05, 0) is 25.1 Å². The standard InChI is InChI=1S/C12H17ClN2O2.ClH/c1-8(14)12(16)15(2)7-9-6-10(13)4-5-11(9)17-3;/h4-6,8H,7,14H2,1-3H3;1H. The van der Waals surface area contributed by atoms with E-state index in [0.717, 1.165) is 5.56 Å². The molecule has 102 valence electrons. The second kappa shape index (κ2) is 7.46. The zero-order valence-electron chi connectivity index (χ0n) is 10.6. The van der Waals surface area contributed by atoms with E-state index in [1.807, 2.05) is 0 Å². The highest BCUT2D eigenvalue weighted by Gasteiger charge is 2.15. The number of rotatable bonds is 4. The van der Waals surface area contributed by atoms with Crippen LogP contribution in [0.4, 0.5) is 0 Å². The maximum atomic E-state index is 11.7. The van der Waals surface area contributed by atoms with Gasteiger partial charge in [0.25, 0.3) is 0 Å². The van der Waals surface area contributed by atoms with Crippen molar-refractivity contribution in [1.82, 2.24) is 4.90 Å². The second-order valence-corrected chi connectivity index (χ2v) is 4.38. The first kappa shape index (κ1) is 17.0. The third-order valence-electron chi connectivity index (χ3n) is 2.42. The van der Waals surface area contributed by atoms with E-state index < -0.39 is 6.04 Å². The maximum absolute atomic E-state index is 11.7. The van der Waals surface area contributed by atoms with Crippen molar-refractivity contribution in [2.75, 3.05) is 14.2 Å². The quantitative estimate of drug-likeness (QED) is 0.924. The molecule has 0 fully saturated rings. The zero-order valence-corrected chi connectivity index (χ0v) is 12.2. The Morgan fingerprint density at radius 2 is 2.17 bits per heavy atom. The van der Waals surface area contributed by atoms with Crippen molar-refractivity contribution >= 4 is 29.9 Å². The van der Waals surface area contributed by atoms with Crippen LogP contribution in [0.1, 0.15) is 12.5 Å². The van der Waals surface area contributed by atoms with Crippen LogP contribution in [-0.4, -0.2) is 31.0 Å². The molecule has 1 aromatic rings. The van der Waals surface area contributed by atoms with Gasteiger partial charge in [-0.3, -0.25) is 4.79 Å². The number of hydrogen-bond acceptors (Lipinski definition) is 3. The summed E-state index contributed by atoms with van der Waals surface area (Å²) in [7, 11) is 3.28. The van der Waals surface area contributed by atoms with Gasteiger partial charge in [0.05, 0.1) is 13.2 Å². The third kappa shape index (κ3) is 4.37. The molecule has 18 heavy (non-hydrogen) atoms. The number of amides is 1. The summed E-state index contributed by atoms with van der Waals surface area (Å²) in [6, 6.07) is 4.80. The number of ether oxygens (including phenoxy) is 1. The summed E-state index contributed by atoms with van der Waals surface area (Å²) < 4.78 is 5.21. The Balaban J connectivity index is 0.00000289. The lowest BCUT2D eigenvalue weighted by Gasteiger charge is -2.20. The number of nitrogens with zero attached hydrogens (tertiary/aromatic N) is 1. The fourth-order valence-electron chi connectivity index (χ4n) is 1.55. The van der Waals surface area contributed by atoms with Crippen LogP contribution in [0.3, 0.4) is 0 Å². The van der Waals surface area contributed by atoms with E-state index in [9.17, 15) is 4.79 Å². The van der Waals surface area contributed by atoms with Gasteiger partial charge in [0, 0.05) is 24.2 Å². The fraction of sp³-hybridized carbons (Fsp3) is 0.417. The number of methoxy groups -OCH3 is 1. The summed E-state index contributed by atoms with van der Waals surface area (Å²) >= 11 is 5.92. The molecule has 4 nitrogen and oxygen atoms in total. The van der Waals surface area contributed by atoms with Crippen molar-refractivity contribution in [2.24, 2.45) is 5.73 Å². The van der Waals surface area contributed by atoms with E-state index in [1.54, 1.807) is 44.2 Å². The fourth-order valence-corrected chi connectivity index (χ4v) is 1.75. The Morgan fingerprint density at radius 1 is 1.56 bits per heavy atom. The number of likely N-dealkylation sites (N-methyl/N-ethyl adjacent to an activating group) is 1. The maximum Gasteiger partial charge on any atom is 0.239 e. The van der Waals surface area contributed by atoms with Crippen LogP contribution in [-0.2, 0) is 11.3 Å². The Kier molecular flexibility index (Phi) is 7.06. The molecule has 6 heteroatoms. The molecular formula is C12H18Cl2N2O2. The summed E-state index contributed by atoms with van der Waals surface area (Å²) in [6.45, 7) is 2.08. The minimum absolute atomic E-state index is 0. The number of carbonyl (C=O) groups excluding carboxylic acids is 1. The van der Waals surface area contributed by atoms with Crippen molar-refractivity contribution in [1.29, 1.82) is 0 Å². The van der Waals surface area contributed by atoms with Gasteiger partial charge in [-0.25, -0.2) is 0 Å². The Labute approximate surface area is 118 Å². The van der Waals surface area contributed by atoms with Crippen molar-refractivity contribution in [3.05, 3.63) is 28.8 Å². The van der Waals surface area contributed by atoms with Crippen LogP contribution in [0, 0.1) is 0 Å². The average Bonchev–Trinajstić information content (AvgIpc) is 2.28. The lowest BCUT2D eigenvalue weighted by molar-refractivity contribution is -0.131. The lowest BCUT2D eigenvalue weighted by Crippen LogP contribution is -2.39. The van der Waals surface area contributed by atoms with Gasteiger partial charge in [-0.1, -0.05) is 11.6 Å². The first-order chi connectivity index (χ1) is 7.95. The highest BCUT2D eigenvalue weighted by Crippen LogP contribution is 2.23. The third-order valence-corrected chi connectivity index (χ3v) is 2.65. The molecule has 0 aromatic heterocycles. The van der Waals surface area contributed by atoms with E-state index in [0.29, 0.717) is 17.3 Å². The zero-order chi connectivity index (χ0) is 13.0. The van der Waals surface area contributed by atoms with E-state index >= 15 is 0 Å². The van der Waals surface area contributed by atoms with Crippen molar-refractivity contribution in [2.45, 2.75) is 19.5 Å². The minimum atomic E-state index is -0.509. The molecule has 0 saturated carbocycles. The molecule has 0 heterocycles. The number of nitrogens with two attached hydrogens (primary N) is 1. The number of carbonyl (C=O) groups is 1. The highest BCUT2D eigenvalue weighted by molar-refractivity contribution is 6.30. The van der Waals surface area contributed by atoms with E-state index in [-0.39, 0.29) is 18.3 Å². The van der Waals surface area contributed by atoms with Gasteiger partial charge in [-0.15, -0.1) is 12.4 Å². The molecular weight excluding hydrogens is 275 g/mol. The van der Waals surface area contributed by atoms with Gasteiger partial charge in [-0.2, -0.15) is 0 Å². The first-order valence-electron chi connectivity index (χ1n) is 5.28. The molecule has 2 N–H and O–H groups in total. The largest absolute Gasteiger partial charge is 0.496 e. The molecule has 0 bridgehead atoms. The van der Waals surface area contributed by atoms with Gasteiger partial charge < -0.3 is 15.4 Å². The van der Waals surface area contributed by atoms with Gasteiger partial charge in [0.2, 0.25) is 5.91 Å². The Bertz CT molecular complexity index is 411. The van der Waals surface area contributed by atoms with Crippen LogP contribution < -0.4 is 10.5 Å². The summed E-state index contributed by atoms with van der Waals surface area (Å²) in [5, 5.41) is 0.613. The Morgan fingerprint density at radius 3 is 2.67 bits per heavy atom. The molecule has 1 unspecified atom stereocenters. The summed E-state index contributed by atoms with van der Waals surface area (Å²) in [5.74, 6) is 0.589. The number of benzene rings is 1. The first-order valence-corrected chi connectivity index (χ1v) is 5.66. The number of hydrogen-bond donors (Lipinski definition) is 1. The summed E-state index contributed by atoms with van der Waals surface area (Å²) in [4.78, 5) is 13.2. The molecule has 1 aromatic carbocycles. The molecule has 0 spiro atoms. The average molecular weight is 293 g/mol. The molecule has 0 aliphatic carbocycles. The topological polar surface area (TPSA) is 55.6 Å². The summed E-state index contributed by atoms with van der Waals surface area (Å²) in [5.41, 5.74) is 6.40. The molecule has 0 radical (unpaired) electrons. The predicted molar refractivity (Wildman–Crippen MR) is 75.4 cm³/mol. The van der Waals surface area contributed by atoms with Crippen LogP contribution in [0.2, 0.25) is 5.02 Å². The van der Waals surface area contributed by atoms with E-state index in [4.69, 9.17) is 22.1 Å². The molecule has 1 rings (SSSR count). The van der Waals surface area contributed by atoms with Gasteiger partial charge >= 0.3 is 0 Å². The van der Waals surface area contributed by atoms with E-state index in [2.05, 4.69) is 0 Å². The highest BCUT2D eigenvalue weighted by atomic mass is 35.5. The molecule has 0 saturated heterocycles. The van der Waals surface area contributed by atoms with Crippen molar-refractivity contribution in [3.8, 4) is 5.75 Å². The van der Waals surface area contributed by atoms with Gasteiger partial charge in [0.15, 0.2) is 0 Å². The smallest absolute Gasteiger partial charge is 0.239 e. The minimum Gasteiger partial charge on any atom is -0.496 e. The number of halogens is 2. The predicted octanol–water partition coefficient (Wildman–Crippen LogP) is 2.08. The van der Waals surface area contributed by atoms with E-state index in [1.165, 1.54) is 0 Å². The van der Waals surface area contributed by atoms with Crippen molar-refractivity contribution in [3.63, 3.8) is 0 Å². The molecule has 0 aliphatic rings. The van der Waals surface area contributed by atoms with Crippen LogP contribution in [0.25, 0.3) is 0 Å². The summed E-state index contributed by atoms with van der Waals surface area (Å²) in [6.07, 6.45) is 0.